The van der Waals surface area contributed by atoms with Crippen LogP contribution in [0.25, 0.3) is 0 Å². The first-order chi connectivity index (χ1) is 9.69. The predicted octanol–water partition coefficient (Wildman–Crippen LogP) is 4.72. The molecule has 0 saturated carbocycles. The van der Waals surface area contributed by atoms with Gasteiger partial charge in [0.1, 0.15) is 12.4 Å². The predicted molar refractivity (Wildman–Crippen MR) is 84.8 cm³/mol. The highest BCUT2D eigenvalue weighted by atomic mass is 35.5. The Balaban J connectivity index is 2.06. The zero-order valence-electron chi connectivity index (χ0n) is 11.3. The second-order valence-corrected chi connectivity index (χ2v) is 5.31. The maximum Gasteiger partial charge on any atom is 0.120 e. The van der Waals surface area contributed by atoms with Crippen LogP contribution in [0.2, 0.25) is 10.0 Å². The van der Waals surface area contributed by atoms with E-state index in [-0.39, 0.29) is 6.04 Å². The summed E-state index contributed by atoms with van der Waals surface area (Å²) in [6.45, 7) is 3.45. The Hall–Kier alpha value is -1.22. The summed E-state index contributed by atoms with van der Waals surface area (Å²) < 4.78 is 5.81. The summed E-state index contributed by atoms with van der Waals surface area (Å²) >= 11 is 12.0. The van der Waals surface area contributed by atoms with Crippen LogP contribution in [-0.2, 0) is 0 Å². The summed E-state index contributed by atoms with van der Waals surface area (Å²) in [6.07, 6.45) is 0. The molecule has 1 N–H and O–H groups in total. The molecule has 106 valence electrons. The van der Waals surface area contributed by atoms with Gasteiger partial charge in [-0.3, -0.25) is 0 Å². The van der Waals surface area contributed by atoms with E-state index in [4.69, 9.17) is 27.9 Å². The SMILES string of the molecule is CCNC(COc1cccc(Cl)c1)c1cccc(Cl)c1. The van der Waals surface area contributed by atoms with Crippen LogP contribution in [0.3, 0.4) is 0 Å². The number of rotatable bonds is 6. The molecule has 2 aromatic rings. The average Bonchev–Trinajstić information content (AvgIpc) is 2.43. The Kier molecular flexibility index (Phi) is 5.72. The summed E-state index contributed by atoms with van der Waals surface area (Å²) in [4.78, 5) is 0. The van der Waals surface area contributed by atoms with Crippen molar-refractivity contribution in [1.29, 1.82) is 0 Å². The first-order valence-corrected chi connectivity index (χ1v) is 7.32. The zero-order valence-corrected chi connectivity index (χ0v) is 12.8. The van der Waals surface area contributed by atoms with Crippen LogP contribution in [0.15, 0.2) is 48.5 Å². The molecule has 2 rings (SSSR count). The molecule has 0 aromatic heterocycles. The Morgan fingerprint density at radius 2 is 1.75 bits per heavy atom. The van der Waals surface area contributed by atoms with Crippen LogP contribution in [0.4, 0.5) is 0 Å². The molecule has 0 saturated heterocycles. The van der Waals surface area contributed by atoms with Gasteiger partial charge in [-0.2, -0.15) is 0 Å². The minimum absolute atomic E-state index is 0.0951. The van der Waals surface area contributed by atoms with E-state index in [0.717, 1.165) is 22.9 Å². The first-order valence-electron chi connectivity index (χ1n) is 6.56. The molecule has 0 amide bonds. The number of nitrogens with one attached hydrogen (secondary N) is 1. The van der Waals surface area contributed by atoms with Crippen molar-refractivity contribution in [3.05, 3.63) is 64.1 Å². The molecule has 0 fully saturated rings. The topological polar surface area (TPSA) is 21.3 Å². The molecule has 0 aliphatic carbocycles. The summed E-state index contributed by atoms with van der Waals surface area (Å²) in [5.41, 5.74) is 1.11. The molecule has 0 spiro atoms. The lowest BCUT2D eigenvalue weighted by Crippen LogP contribution is -2.26. The van der Waals surface area contributed by atoms with Gasteiger partial charge in [0, 0.05) is 10.0 Å². The van der Waals surface area contributed by atoms with E-state index in [1.165, 1.54) is 0 Å². The van der Waals surface area contributed by atoms with Crippen LogP contribution >= 0.6 is 23.2 Å². The molecule has 2 nitrogen and oxygen atoms in total. The summed E-state index contributed by atoms with van der Waals surface area (Å²) in [6, 6.07) is 15.3. The molecule has 4 heteroatoms. The van der Waals surface area contributed by atoms with Crippen molar-refractivity contribution in [1.82, 2.24) is 5.32 Å². The molecule has 0 aliphatic rings. The van der Waals surface area contributed by atoms with Crippen molar-refractivity contribution in [3.63, 3.8) is 0 Å². The van der Waals surface area contributed by atoms with Crippen molar-refractivity contribution in [2.24, 2.45) is 0 Å². The van der Waals surface area contributed by atoms with Crippen molar-refractivity contribution >= 4 is 23.2 Å². The second-order valence-electron chi connectivity index (χ2n) is 4.43. The fraction of sp³-hybridized carbons (Fsp3) is 0.250. The standard InChI is InChI=1S/C16H17Cl2NO/c1-2-19-16(12-5-3-6-13(17)9-12)11-20-15-8-4-7-14(18)10-15/h3-10,16,19H,2,11H2,1H3. The van der Waals surface area contributed by atoms with Crippen LogP contribution in [0, 0.1) is 0 Å². The van der Waals surface area contributed by atoms with Gasteiger partial charge in [0.25, 0.3) is 0 Å². The fourth-order valence-corrected chi connectivity index (χ4v) is 2.36. The largest absolute Gasteiger partial charge is 0.492 e. The number of hydrogen-bond acceptors (Lipinski definition) is 2. The third kappa shape index (κ3) is 4.41. The van der Waals surface area contributed by atoms with E-state index < -0.39 is 0 Å². The van der Waals surface area contributed by atoms with Gasteiger partial charge in [-0.15, -0.1) is 0 Å². The highest BCUT2D eigenvalue weighted by Crippen LogP contribution is 2.21. The molecule has 1 unspecified atom stereocenters. The van der Waals surface area contributed by atoms with Gasteiger partial charge in [0.05, 0.1) is 6.04 Å². The van der Waals surface area contributed by atoms with E-state index in [9.17, 15) is 0 Å². The van der Waals surface area contributed by atoms with Crippen molar-refractivity contribution < 1.29 is 4.74 Å². The molecule has 0 bridgehead atoms. The molecular formula is C16H17Cl2NO. The zero-order chi connectivity index (χ0) is 14.4. The van der Waals surface area contributed by atoms with Crippen LogP contribution in [0.5, 0.6) is 5.75 Å². The number of ether oxygens (including phenoxy) is 1. The van der Waals surface area contributed by atoms with Gasteiger partial charge in [0.2, 0.25) is 0 Å². The van der Waals surface area contributed by atoms with Crippen molar-refractivity contribution in [2.75, 3.05) is 13.2 Å². The van der Waals surface area contributed by atoms with E-state index in [2.05, 4.69) is 12.2 Å². The molecule has 0 aliphatic heterocycles. The molecule has 20 heavy (non-hydrogen) atoms. The number of likely N-dealkylation sites (N-methyl/N-ethyl adjacent to an activating group) is 1. The maximum absolute atomic E-state index is 6.04. The minimum atomic E-state index is 0.0951. The second kappa shape index (κ2) is 7.53. The van der Waals surface area contributed by atoms with Gasteiger partial charge < -0.3 is 10.1 Å². The number of halogens is 2. The van der Waals surface area contributed by atoms with E-state index in [1.807, 2.05) is 48.5 Å². The molecule has 1 atom stereocenters. The van der Waals surface area contributed by atoms with E-state index in [0.29, 0.717) is 11.6 Å². The lowest BCUT2D eigenvalue weighted by molar-refractivity contribution is 0.268. The van der Waals surface area contributed by atoms with Gasteiger partial charge in [0.15, 0.2) is 0 Å². The van der Waals surface area contributed by atoms with Crippen LogP contribution in [-0.4, -0.2) is 13.2 Å². The number of hydrogen-bond donors (Lipinski definition) is 1. The van der Waals surface area contributed by atoms with Gasteiger partial charge in [-0.25, -0.2) is 0 Å². The Morgan fingerprint density at radius 1 is 1.05 bits per heavy atom. The Morgan fingerprint density at radius 3 is 2.40 bits per heavy atom. The first kappa shape index (κ1) is 15.2. The lowest BCUT2D eigenvalue weighted by Gasteiger charge is -2.19. The van der Waals surface area contributed by atoms with Crippen molar-refractivity contribution in [3.8, 4) is 5.75 Å². The Bertz CT molecular complexity index is 560. The van der Waals surface area contributed by atoms with E-state index in [1.54, 1.807) is 0 Å². The lowest BCUT2D eigenvalue weighted by atomic mass is 10.1. The normalized spacial score (nSPS) is 12.2. The van der Waals surface area contributed by atoms with Crippen LogP contribution in [0.1, 0.15) is 18.5 Å². The quantitative estimate of drug-likeness (QED) is 0.833. The van der Waals surface area contributed by atoms with Crippen molar-refractivity contribution in [2.45, 2.75) is 13.0 Å². The fourth-order valence-electron chi connectivity index (χ4n) is 1.98. The average molecular weight is 310 g/mol. The summed E-state index contributed by atoms with van der Waals surface area (Å²) in [7, 11) is 0. The summed E-state index contributed by atoms with van der Waals surface area (Å²) in [5.74, 6) is 0.766. The molecule has 2 aromatic carbocycles. The third-order valence-corrected chi connectivity index (χ3v) is 3.38. The summed E-state index contributed by atoms with van der Waals surface area (Å²) in [5, 5.41) is 4.80. The van der Waals surface area contributed by atoms with Gasteiger partial charge >= 0.3 is 0 Å². The molecule has 0 heterocycles. The van der Waals surface area contributed by atoms with E-state index >= 15 is 0 Å². The monoisotopic (exact) mass is 309 g/mol. The highest BCUT2D eigenvalue weighted by Gasteiger charge is 2.11. The third-order valence-electron chi connectivity index (χ3n) is 2.91. The van der Waals surface area contributed by atoms with Crippen LogP contribution < -0.4 is 10.1 Å². The smallest absolute Gasteiger partial charge is 0.120 e. The molecule has 0 radical (unpaired) electrons. The minimum Gasteiger partial charge on any atom is -0.492 e. The Labute approximate surface area is 129 Å². The maximum atomic E-state index is 6.04. The highest BCUT2D eigenvalue weighted by molar-refractivity contribution is 6.30. The van der Waals surface area contributed by atoms with Gasteiger partial charge in [-0.05, 0) is 42.4 Å². The molecular weight excluding hydrogens is 293 g/mol. The number of benzene rings is 2. The van der Waals surface area contributed by atoms with Gasteiger partial charge in [-0.1, -0.05) is 48.3 Å².